The van der Waals surface area contributed by atoms with Crippen molar-refractivity contribution < 1.29 is 79.5 Å². The minimum atomic E-state index is -5.28. The van der Waals surface area contributed by atoms with Crippen LogP contribution in [-0.2, 0) is 76.6 Å². The average molecular weight is 1500 g/mol. The Morgan fingerprint density at radius 1 is 0.670 bits per heavy atom. The van der Waals surface area contributed by atoms with Crippen molar-refractivity contribution in [2.24, 2.45) is 23.5 Å². The summed E-state index contributed by atoms with van der Waals surface area (Å²) in [6.45, 7) is 14.9. The molecule has 2 saturated carbocycles. The van der Waals surface area contributed by atoms with E-state index in [0.29, 0.717) is 63.6 Å². The number of carbonyl (C=O) groups excluding carboxylic acids is 12. The second kappa shape index (κ2) is 38.0. The molecule has 2 aliphatic carbocycles. The monoisotopic (exact) mass is 1500 g/mol. The second-order valence-corrected chi connectivity index (χ2v) is 30.2. The summed E-state index contributed by atoms with van der Waals surface area (Å²) in [5.74, 6) is -11.9. The van der Waals surface area contributed by atoms with E-state index in [4.69, 9.17) is 5.73 Å². The summed E-state index contributed by atoms with van der Waals surface area (Å²) in [7, 11) is 10.1. The number of hydrogen-bond donors (Lipinski definition) is 4. The van der Waals surface area contributed by atoms with E-state index < -0.39 is 167 Å². The van der Waals surface area contributed by atoms with E-state index in [1.165, 1.54) is 95.5 Å². The molecule has 4 fully saturated rings. The maximum absolute atomic E-state index is 15.4. The first-order chi connectivity index (χ1) is 49.8. The zero-order valence-corrected chi connectivity index (χ0v) is 64.5. The number of halogens is 5. The van der Waals surface area contributed by atoms with Crippen LogP contribution < -0.4 is 21.7 Å². The molecule has 0 bridgehead atoms. The molecule has 0 aromatic heterocycles. The van der Waals surface area contributed by atoms with E-state index in [1.54, 1.807) is 13.8 Å². The molecular formula is C76H114F5N13O12. The molecule has 12 amide bonds. The summed E-state index contributed by atoms with van der Waals surface area (Å²) < 4.78 is 68.6. The van der Waals surface area contributed by atoms with Crippen LogP contribution in [-0.4, -0.2) is 257 Å². The smallest absolute Gasteiger partial charge is 0.355 e. The molecule has 7 unspecified atom stereocenters. The minimum Gasteiger partial charge on any atom is -0.355 e. The van der Waals surface area contributed by atoms with Crippen molar-refractivity contribution in [1.82, 2.24) is 60.0 Å². The van der Waals surface area contributed by atoms with Crippen molar-refractivity contribution in [2.45, 2.75) is 237 Å². The van der Waals surface area contributed by atoms with Gasteiger partial charge in [0.2, 0.25) is 70.9 Å². The first kappa shape index (κ1) is 86.6. The zero-order valence-electron chi connectivity index (χ0n) is 64.5. The van der Waals surface area contributed by atoms with Crippen LogP contribution in [0.15, 0.2) is 36.4 Å². The van der Waals surface area contributed by atoms with Crippen molar-refractivity contribution >= 4 is 70.9 Å². The summed E-state index contributed by atoms with van der Waals surface area (Å²) >= 11 is 0. The van der Waals surface area contributed by atoms with Crippen LogP contribution >= 0.6 is 0 Å². The molecule has 0 spiro atoms. The van der Waals surface area contributed by atoms with Crippen LogP contribution in [0.25, 0.3) is 0 Å². The number of amides is 12. The molecule has 25 nitrogen and oxygen atoms in total. The van der Waals surface area contributed by atoms with Crippen LogP contribution in [0.1, 0.15) is 173 Å². The van der Waals surface area contributed by atoms with Crippen molar-refractivity contribution in [2.75, 3.05) is 82.1 Å². The van der Waals surface area contributed by atoms with Crippen molar-refractivity contribution in [3.05, 3.63) is 70.3 Å². The molecule has 2 aromatic rings. The van der Waals surface area contributed by atoms with E-state index in [2.05, 4.69) is 16.0 Å². The van der Waals surface area contributed by atoms with Crippen molar-refractivity contribution in [3.8, 4) is 0 Å². The largest absolute Gasteiger partial charge is 0.422 e. The number of alkyl halides is 3. The number of likely N-dealkylation sites (N-methyl/N-ethyl adjacent to an activating group) is 7. The number of nitrogens with zero attached hydrogens (tertiary/aromatic N) is 9. The number of likely N-dealkylation sites (tertiary alicyclic amines) is 2. The third-order valence-electron chi connectivity index (χ3n) is 21.9. The molecule has 0 radical (unpaired) electrons. The molecule has 30 heteroatoms. The number of nitrogens with two attached hydrogens (primary N) is 1. The number of benzene rings is 2. The molecule has 2 aliphatic heterocycles. The summed E-state index contributed by atoms with van der Waals surface area (Å²) in [5, 5.41) is 8.67. The molecule has 2 aromatic carbocycles. The molecule has 6 rings (SSSR count). The predicted octanol–water partition coefficient (Wildman–Crippen LogP) is 5.59. The highest BCUT2D eigenvalue weighted by Gasteiger charge is 2.52. The van der Waals surface area contributed by atoms with Crippen LogP contribution in [0, 0.1) is 36.3 Å². The minimum absolute atomic E-state index is 0.0846. The summed E-state index contributed by atoms with van der Waals surface area (Å²) in [4.78, 5) is 186. The normalized spacial score (nSPS) is 18.7. The zero-order chi connectivity index (χ0) is 79.1. The van der Waals surface area contributed by atoms with E-state index >= 15 is 9.59 Å². The first-order valence-electron chi connectivity index (χ1n) is 37.5. The number of nitrogens with one attached hydrogen (secondary N) is 3. The highest BCUT2D eigenvalue weighted by Crippen LogP contribution is 2.38. The lowest BCUT2D eigenvalue weighted by Gasteiger charge is -2.45. The average Bonchev–Trinajstić information content (AvgIpc) is 1.08. The van der Waals surface area contributed by atoms with E-state index in [0.717, 1.165) is 28.9 Å². The van der Waals surface area contributed by atoms with Crippen LogP contribution in [0.5, 0.6) is 0 Å². The summed E-state index contributed by atoms with van der Waals surface area (Å²) in [6, 6.07) is -2.11. The second-order valence-electron chi connectivity index (χ2n) is 30.2. The lowest BCUT2D eigenvalue weighted by atomic mass is 9.90. The molecule has 590 valence electrons. The Morgan fingerprint density at radius 2 is 1.27 bits per heavy atom. The number of aryl methyl sites for hydroxylation is 2. The standard InChI is InChI=1S/C76H114F5N13O12/c1-16-36-83-60(95)44-87(11)70(102)59(42-49-29-27-46(6)28-30-49)92(18-3)71(103)56-33-38-94(56)67(99)48(8)88(12)72(104)63(47(7)17-2)84-65(97)57(39-45(4)5)89(13)61(96)43-58(69(101)86(9)10)90(14)73(105)64(51-24-19-20-25-51)91(15)74(106)75(34-21-22-35-75)85-66(98)55-26-23-37-93(55)68(100)54(82)32-31-50-40-52(77)62(53(78)41-50)76(79,80)81/h27-30,40-41,45,47-48,51,54-59,63-64H,16-26,31-39,42-44,82H2,1-15H3,(H,83,95)(H,84,97)(H,85,98)/t47?,48-,54?,55?,56?,57-,58?,59?,63+,64?/m0/s1. The Bertz CT molecular complexity index is 3450. The SMILES string of the molecule is CCCNC(=O)CN(C)C(=O)C(Cc1ccc(C)cc1)N(CC)C(=O)C1CCN1C(=O)[C@H](C)N(C)C(=O)[C@H](NC(=O)[C@H](CC(C)C)N(C)C(=O)CC(C(=O)N(C)C)N(C)C(=O)C(C1CCCC1)N(C)C(=O)C1(NC(=O)C2CCCN2C(=O)C(N)CCc2cc(F)c(C(F)(F)F)c(F)c2)CCCC1)C(C)CC. The van der Waals surface area contributed by atoms with E-state index in [9.17, 15) is 69.9 Å². The Morgan fingerprint density at radius 3 is 1.81 bits per heavy atom. The molecule has 2 saturated heterocycles. The van der Waals surface area contributed by atoms with Gasteiger partial charge in [-0.2, -0.15) is 13.2 Å². The fraction of sp³-hybridized carbons (Fsp3) is 0.684. The summed E-state index contributed by atoms with van der Waals surface area (Å²) in [5.41, 5.74) is 4.31. The van der Waals surface area contributed by atoms with Gasteiger partial charge in [0, 0.05) is 81.9 Å². The van der Waals surface area contributed by atoms with Gasteiger partial charge < -0.3 is 65.8 Å². The lowest BCUT2D eigenvalue weighted by Crippen LogP contribution is -2.65. The molecule has 5 N–H and O–H groups in total. The maximum Gasteiger partial charge on any atom is 0.422 e. The van der Waals surface area contributed by atoms with Crippen LogP contribution in [0.3, 0.4) is 0 Å². The Hall–Kier alpha value is -8.31. The maximum atomic E-state index is 15.4. The van der Waals surface area contributed by atoms with Gasteiger partial charge in [-0.05, 0) is 132 Å². The number of carbonyl (C=O) groups is 12. The van der Waals surface area contributed by atoms with Gasteiger partial charge >= 0.3 is 6.18 Å². The third kappa shape index (κ3) is 20.9. The fourth-order valence-electron chi connectivity index (χ4n) is 15.1. The lowest BCUT2D eigenvalue weighted by molar-refractivity contribution is -0.160. The highest BCUT2D eigenvalue weighted by molar-refractivity contribution is 6.01. The highest BCUT2D eigenvalue weighted by atomic mass is 19.4. The van der Waals surface area contributed by atoms with Gasteiger partial charge in [-0.3, -0.25) is 57.5 Å². The fourth-order valence-corrected chi connectivity index (χ4v) is 15.1. The Kier molecular flexibility index (Phi) is 31.0. The van der Waals surface area contributed by atoms with Gasteiger partial charge in [-0.1, -0.05) is 96.6 Å². The Balaban J connectivity index is 1.16. The quantitative estimate of drug-likeness (QED) is 0.0622. The molecular weight excluding hydrogens is 1380 g/mol. The van der Waals surface area contributed by atoms with Gasteiger partial charge in [-0.15, -0.1) is 0 Å². The Labute approximate surface area is 620 Å². The van der Waals surface area contributed by atoms with Crippen molar-refractivity contribution in [1.29, 1.82) is 0 Å². The topological polar surface area (TPSA) is 296 Å². The van der Waals surface area contributed by atoms with E-state index in [1.807, 2.05) is 58.9 Å². The van der Waals surface area contributed by atoms with E-state index in [-0.39, 0.29) is 94.9 Å². The van der Waals surface area contributed by atoms with Crippen LogP contribution in [0.2, 0.25) is 0 Å². The molecule has 106 heavy (non-hydrogen) atoms. The molecule has 4 aliphatic rings. The third-order valence-corrected chi connectivity index (χ3v) is 21.9. The van der Waals surface area contributed by atoms with Gasteiger partial charge in [0.05, 0.1) is 19.0 Å². The van der Waals surface area contributed by atoms with Gasteiger partial charge in [-0.25, -0.2) is 8.78 Å². The molecule has 10 atom stereocenters. The predicted molar refractivity (Wildman–Crippen MR) is 387 cm³/mol. The molecule has 2 heterocycles. The van der Waals surface area contributed by atoms with Gasteiger partial charge in [0.1, 0.15) is 71.1 Å². The van der Waals surface area contributed by atoms with Crippen LogP contribution in [0.4, 0.5) is 22.0 Å². The van der Waals surface area contributed by atoms with Gasteiger partial charge in [0.15, 0.2) is 0 Å². The van der Waals surface area contributed by atoms with Crippen molar-refractivity contribution in [3.63, 3.8) is 0 Å². The number of hydrogen-bond acceptors (Lipinski definition) is 13. The van der Waals surface area contributed by atoms with Gasteiger partial charge in [0.25, 0.3) is 0 Å². The first-order valence-corrected chi connectivity index (χ1v) is 37.5. The number of rotatable bonds is 34. The summed E-state index contributed by atoms with van der Waals surface area (Å²) in [6.07, 6.45) is -0.404.